The van der Waals surface area contributed by atoms with E-state index in [0.29, 0.717) is 5.82 Å². The van der Waals surface area contributed by atoms with Crippen LogP contribution in [0.5, 0.6) is 0 Å². The molecular formula is C59H40N2. The predicted molar refractivity (Wildman–Crippen MR) is 257 cm³/mol. The Kier molecular flexibility index (Phi) is 7.92. The molecule has 0 unspecified atom stereocenters. The van der Waals surface area contributed by atoms with Gasteiger partial charge in [-0.25, -0.2) is 9.97 Å². The molecule has 11 aromatic rings. The van der Waals surface area contributed by atoms with E-state index in [4.69, 9.17) is 9.97 Å². The maximum atomic E-state index is 5.36. The molecule has 1 aliphatic rings. The van der Waals surface area contributed by atoms with E-state index in [-0.39, 0.29) is 5.41 Å². The first-order valence-corrected chi connectivity index (χ1v) is 21.2. The Morgan fingerprint density at radius 3 is 1.39 bits per heavy atom. The normalized spacial score (nSPS) is 12.9. The molecule has 1 aromatic heterocycles. The fourth-order valence-corrected chi connectivity index (χ4v) is 10.4. The summed E-state index contributed by atoms with van der Waals surface area (Å²) in [6, 6.07) is 74.8. The maximum Gasteiger partial charge on any atom is 0.161 e. The minimum absolute atomic E-state index is 0.179. The topological polar surface area (TPSA) is 25.8 Å². The van der Waals surface area contributed by atoms with Gasteiger partial charge in [0, 0.05) is 22.1 Å². The van der Waals surface area contributed by atoms with Crippen LogP contribution in [0.15, 0.2) is 206 Å². The van der Waals surface area contributed by atoms with Crippen LogP contribution in [0.1, 0.15) is 25.0 Å². The van der Waals surface area contributed by atoms with Gasteiger partial charge in [0.15, 0.2) is 5.82 Å². The minimum atomic E-state index is -0.179. The van der Waals surface area contributed by atoms with E-state index in [9.17, 15) is 0 Å². The summed E-state index contributed by atoms with van der Waals surface area (Å²) in [6.07, 6.45) is 0. The Morgan fingerprint density at radius 2 is 0.721 bits per heavy atom. The van der Waals surface area contributed by atoms with Crippen molar-refractivity contribution in [2.45, 2.75) is 19.3 Å². The summed E-state index contributed by atoms with van der Waals surface area (Å²) < 4.78 is 0. The first-order valence-electron chi connectivity index (χ1n) is 21.2. The summed E-state index contributed by atoms with van der Waals surface area (Å²) in [5.41, 5.74) is 15.2. The third-order valence-corrected chi connectivity index (χ3v) is 13.1. The highest BCUT2D eigenvalue weighted by Crippen LogP contribution is 2.55. The highest BCUT2D eigenvalue weighted by molar-refractivity contribution is 6.13. The zero-order valence-electron chi connectivity index (χ0n) is 34.0. The molecule has 1 heterocycles. The molecule has 0 saturated heterocycles. The van der Waals surface area contributed by atoms with Gasteiger partial charge >= 0.3 is 0 Å². The molecule has 0 saturated carbocycles. The summed E-state index contributed by atoms with van der Waals surface area (Å²) in [5.74, 6) is 0.710. The van der Waals surface area contributed by atoms with Crippen LogP contribution in [-0.2, 0) is 5.41 Å². The Balaban J connectivity index is 1.03. The fraction of sp³-hybridized carbons (Fsp3) is 0.0508. The SMILES string of the molecule is CC1(C)c2c(cccc2-c2ccc(-c3ccc(-c4nc(-c5ccccc5)cc(-c5cccc6ccccc56)n4)c4ccccc34)c3ccccc23)-c2ccc3ccccc3c21. The summed E-state index contributed by atoms with van der Waals surface area (Å²) >= 11 is 0. The summed E-state index contributed by atoms with van der Waals surface area (Å²) in [5, 5.41) is 9.76. The van der Waals surface area contributed by atoms with Crippen LogP contribution < -0.4 is 0 Å². The monoisotopic (exact) mass is 776 g/mol. The molecule has 61 heavy (non-hydrogen) atoms. The molecule has 0 bridgehead atoms. The molecule has 286 valence electrons. The van der Waals surface area contributed by atoms with Crippen molar-refractivity contribution in [2.75, 3.05) is 0 Å². The zero-order valence-corrected chi connectivity index (χ0v) is 34.0. The van der Waals surface area contributed by atoms with Crippen LogP contribution in [0.4, 0.5) is 0 Å². The molecule has 0 atom stereocenters. The number of nitrogens with zero attached hydrogens (tertiary/aromatic N) is 2. The van der Waals surface area contributed by atoms with Gasteiger partial charge in [0.25, 0.3) is 0 Å². The molecule has 0 amide bonds. The van der Waals surface area contributed by atoms with E-state index in [1.807, 2.05) is 6.07 Å². The molecule has 0 spiro atoms. The van der Waals surface area contributed by atoms with E-state index in [2.05, 4.69) is 214 Å². The first kappa shape index (κ1) is 35.3. The molecule has 0 radical (unpaired) electrons. The van der Waals surface area contributed by atoms with Gasteiger partial charge in [-0.3, -0.25) is 0 Å². The van der Waals surface area contributed by atoms with Crippen LogP contribution in [0.25, 0.3) is 110 Å². The average molecular weight is 777 g/mol. The van der Waals surface area contributed by atoms with Crippen LogP contribution in [0.2, 0.25) is 0 Å². The third-order valence-electron chi connectivity index (χ3n) is 13.1. The lowest BCUT2D eigenvalue weighted by molar-refractivity contribution is 0.668. The largest absolute Gasteiger partial charge is 0.228 e. The van der Waals surface area contributed by atoms with E-state index in [1.165, 1.54) is 82.2 Å². The number of aromatic nitrogens is 2. The van der Waals surface area contributed by atoms with Gasteiger partial charge < -0.3 is 0 Å². The molecule has 1 aliphatic carbocycles. The van der Waals surface area contributed by atoms with Gasteiger partial charge in [-0.15, -0.1) is 0 Å². The lowest BCUT2D eigenvalue weighted by Gasteiger charge is -2.26. The molecule has 2 nitrogen and oxygen atoms in total. The summed E-state index contributed by atoms with van der Waals surface area (Å²) in [7, 11) is 0. The number of rotatable bonds is 5. The van der Waals surface area contributed by atoms with E-state index in [0.717, 1.165) is 33.5 Å². The fourth-order valence-electron chi connectivity index (χ4n) is 10.4. The average Bonchev–Trinajstić information content (AvgIpc) is 3.57. The second-order valence-corrected chi connectivity index (χ2v) is 16.8. The molecule has 0 fully saturated rings. The van der Waals surface area contributed by atoms with Crippen molar-refractivity contribution in [1.29, 1.82) is 0 Å². The van der Waals surface area contributed by atoms with Crippen LogP contribution in [-0.4, -0.2) is 9.97 Å². The van der Waals surface area contributed by atoms with E-state index in [1.54, 1.807) is 0 Å². The van der Waals surface area contributed by atoms with Crippen molar-refractivity contribution < 1.29 is 0 Å². The summed E-state index contributed by atoms with van der Waals surface area (Å²) in [4.78, 5) is 10.6. The third kappa shape index (κ3) is 5.49. The zero-order chi connectivity index (χ0) is 40.7. The Labute approximate surface area is 355 Å². The second kappa shape index (κ2) is 13.7. The van der Waals surface area contributed by atoms with Gasteiger partial charge in [-0.1, -0.05) is 208 Å². The van der Waals surface area contributed by atoms with Crippen LogP contribution >= 0.6 is 0 Å². The molecular weight excluding hydrogens is 737 g/mol. The van der Waals surface area contributed by atoms with Crippen molar-refractivity contribution in [3.8, 4) is 67.3 Å². The predicted octanol–water partition coefficient (Wildman–Crippen LogP) is 15.7. The number of hydrogen-bond acceptors (Lipinski definition) is 2. The lowest BCUT2D eigenvalue weighted by Crippen LogP contribution is -2.17. The Morgan fingerprint density at radius 1 is 0.295 bits per heavy atom. The molecule has 10 aromatic carbocycles. The lowest BCUT2D eigenvalue weighted by atomic mass is 9.76. The highest BCUT2D eigenvalue weighted by atomic mass is 14.9. The Bertz CT molecular complexity index is 3560. The van der Waals surface area contributed by atoms with Gasteiger partial charge in [0.1, 0.15) is 0 Å². The van der Waals surface area contributed by atoms with Gasteiger partial charge in [-0.2, -0.15) is 0 Å². The number of benzene rings is 10. The molecule has 0 aliphatic heterocycles. The van der Waals surface area contributed by atoms with Crippen LogP contribution in [0.3, 0.4) is 0 Å². The highest BCUT2D eigenvalue weighted by Gasteiger charge is 2.39. The van der Waals surface area contributed by atoms with Gasteiger partial charge in [0.2, 0.25) is 0 Å². The first-order chi connectivity index (χ1) is 30.0. The molecule has 0 N–H and O–H groups in total. The van der Waals surface area contributed by atoms with E-state index >= 15 is 0 Å². The van der Waals surface area contributed by atoms with Gasteiger partial charge in [-0.05, 0) is 99.7 Å². The molecule has 2 heteroatoms. The minimum Gasteiger partial charge on any atom is -0.228 e. The smallest absolute Gasteiger partial charge is 0.161 e. The standard InChI is InChI=1S/C59H40N2/c1-59(2)56-41-22-9-7-17-38(41)30-31-52(56)51-29-15-28-50(57(51)59)48-33-32-46(42-23-10-11-24-43(42)48)47-34-35-53(45-26-13-12-25-44(45)47)58-60-54(39-18-4-3-5-19-39)36-55(61-58)49-27-14-20-37-16-6-8-21-40(37)49/h3-36H,1-2H3. The maximum absolute atomic E-state index is 5.36. The van der Waals surface area contributed by atoms with Crippen molar-refractivity contribution in [1.82, 2.24) is 9.97 Å². The second-order valence-electron chi connectivity index (χ2n) is 16.8. The van der Waals surface area contributed by atoms with Crippen molar-refractivity contribution in [2.24, 2.45) is 0 Å². The van der Waals surface area contributed by atoms with Gasteiger partial charge in [0.05, 0.1) is 11.4 Å². The number of fused-ring (bicyclic) bond motifs is 8. The number of hydrogen-bond donors (Lipinski definition) is 0. The van der Waals surface area contributed by atoms with Crippen molar-refractivity contribution in [3.05, 3.63) is 217 Å². The Hall–Kier alpha value is -7.68. The van der Waals surface area contributed by atoms with E-state index < -0.39 is 0 Å². The molecule has 12 rings (SSSR count). The van der Waals surface area contributed by atoms with Crippen LogP contribution in [0, 0.1) is 0 Å². The summed E-state index contributed by atoms with van der Waals surface area (Å²) in [6.45, 7) is 4.81. The van der Waals surface area contributed by atoms with Crippen molar-refractivity contribution >= 4 is 43.1 Å². The quantitative estimate of drug-likeness (QED) is 0.174. The van der Waals surface area contributed by atoms with Crippen molar-refractivity contribution in [3.63, 3.8) is 0 Å².